The summed E-state index contributed by atoms with van der Waals surface area (Å²) in [6.45, 7) is 23.4. The molecule has 1 amide bonds. The molecule has 0 radical (unpaired) electrons. The molecule has 4 nitrogen and oxygen atoms in total. The first kappa shape index (κ1) is 23.2. The Hall–Kier alpha value is -2.75. The standard InChI is InChI=1S/C22H31NO3/c1-14(15(2)12-13-17(4)22(7,8)9)10-11-16(3)18(5)20(19(6)24)23-21(25)26/h10-13,23-24H,2,4-5H2,1,3,6-9H3,(H,25,26)/b13-12-,14-10+,16-11+,20-19+. The van der Waals surface area contributed by atoms with E-state index < -0.39 is 6.09 Å². The minimum atomic E-state index is -1.26. The molecule has 0 heterocycles. The predicted octanol–water partition coefficient (Wildman–Crippen LogP) is 6.21. The number of hydrogen-bond acceptors (Lipinski definition) is 2. The van der Waals surface area contributed by atoms with Crippen molar-refractivity contribution in [3.8, 4) is 0 Å². The molecule has 0 unspecified atom stereocenters. The maximum atomic E-state index is 10.8. The van der Waals surface area contributed by atoms with Crippen LogP contribution in [-0.2, 0) is 0 Å². The molecule has 142 valence electrons. The molecule has 0 saturated carbocycles. The minimum absolute atomic E-state index is 0.00463. The topological polar surface area (TPSA) is 69.6 Å². The summed E-state index contributed by atoms with van der Waals surface area (Å²) in [4.78, 5) is 10.8. The van der Waals surface area contributed by atoms with Gasteiger partial charge in [0, 0.05) is 0 Å². The molecule has 0 atom stereocenters. The summed E-state index contributed by atoms with van der Waals surface area (Å²) in [6, 6.07) is 0. The highest BCUT2D eigenvalue weighted by Gasteiger charge is 2.12. The van der Waals surface area contributed by atoms with E-state index in [1.165, 1.54) is 6.92 Å². The lowest BCUT2D eigenvalue weighted by molar-refractivity contribution is 0.197. The Morgan fingerprint density at radius 1 is 0.923 bits per heavy atom. The van der Waals surface area contributed by atoms with E-state index in [2.05, 4.69) is 45.8 Å². The molecule has 0 saturated heterocycles. The Kier molecular flexibility index (Phi) is 8.64. The second-order valence-electron chi connectivity index (χ2n) is 7.20. The van der Waals surface area contributed by atoms with Crippen LogP contribution in [0.25, 0.3) is 0 Å². The normalized spacial score (nSPS) is 14.1. The number of allylic oxidation sites excluding steroid dienone is 9. The van der Waals surface area contributed by atoms with Crippen LogP contribution in [0.1, 0.15) is 41.5 Å². The third kappa shape index (κ3) is 7.88. The lowest BCUT2D eigenvalue weighted by atomic mass is 9.87. The molecule has 0 aliphatic rings. The van der Waals surface area contributed by atoms with Gasteiger partial charge >= 0.3 is 6.09 Å². The fourth-order valence-corrected chi connectivity index (χ4v) is 1.73. The van der Waals surface area contributed by atoms with Gasteiger partial charge in [0.1, 0.15) is 5.76 Å². The molecule has 3 N–H and O–H groups in total. The number of carbonyl (C=O) groups is 1. The van der Waals surface area contributed by atoms with Gasteiger partial charge in [-0.2, -0.15) is 0 Å². The quantitative estimate of drug-likeness (QED) is 0.375. The molecule has 0 aromatic carbocycles. The van der Waals surface area contributed by atoms with Gasteiger partial charge in [0.15, 0.2) is 0 Å². The summed E-state index contributed by atoms with van der Waals surface area (Å²) in [5.74, 6) is -0.140. The van der Waals surface area contributed by atoms with E-state index in [1.54, 1.807) is 6.92 Å². The summed E-state index contributed by atoms with van der Waals surface area (Å²) < 4.78 is 0. The zero-order chi connectivity index (χ0) is 20.7. The Labute approximate surface area is 157 Å². The van der Waals surface area contributed by atoms with Crippen LogP contribution in [-0.4, -0.2) is 16.3 Å². The van der Waals surface area contributed by atoms with Crippen molar-refractivity contribution in [1.29, 1.82) is 0 Å². The van der Waals surface area contributed by atoms with Crippen LogP contribution in [0.15, 0.2) is 83.4 Å². The van der Waals surface area contributed by atoms with Crippen molar-refractivity contribution in [3.05, 3.63) is 83.4 Å². The summed E-state index contributed by atoms with van der Waals surface area (Å²) >= 11 is 0. The average molecular weight is 357 g/mol. The second kappa shape index (κ2) is 9.66. The third-order valence-corrected chi connectivity index (χ3v) is 3.91. The third-order valence-electron chi connectivity index (χ3n) is 3.91. The summed E-state index contributed by atoms with van der Waals surface area (Å²) in [5.41, 5.74) is 4.02. The lowest BCUT2D eigenvalue weighted by Gasteiger charge is -2.18. The summed E-state index contributed by atoms with van der Waals surface area (Å²) in [6.07, 6.45) is 6.31. The highest BCUT2D eigenvalue weighted by molar-refractivity contribution is 5.69. The Morgan fingerprint density at radius 2 is 1.42 bits per heavy atom. The van der Waals surface area contributed by atoms with Crippen molar-refractivity contribution in [2.24, 2.45) is 5.41 Å². The first-order chi connectivity index (χ1) is 11.8. The fraction of sp³-hybridized carbons (Fsp3) is 0.318. The van der Waals surface area contributed by atoms with Crippen LogP contribution >= 0.6 is 0 Å². The molecule has 0 rings (SSSR count). The van der Waals surface area contributed by atoms with Gasteiger partial charge in [0.25, 0.3) is 0 Å². The number of aliphatic hydroxyl groups is 1. The van der Waals surface area contributed by atoms with E-state index in [0.29, 0.717) is 5.57 Å². The maximum absolute atomic E-state index is 10.8. The first-order valence-corrected chi connectivity index (χ1v) is 8.28. The van der Waals surface area contributed by atoms with Crippen molar-refractivity contribution in [3.63, 3.8) is 0 Å². The first-order valence-electron chi connectivity index (χ1n) is 8.28. The Morgan fingerprint density at radius 3 is 1.85 bits per heavy atom. The molecule has 26 heavy (non-hydrogen) atoms. The molecule has 0 bridgehead atoms. The van der Waals surface area contributed by atoms with Crippen molar-refractivity contribution >= 4 is 6.09 Å². The molecular weight excluding hydrogens is 326 g/mol. The van der Waals surface area contributed by atoms with E-state index in [9.17, 15) is 9.90 Å². The molecule has 4 heteroatoms. The second-order valence-corrected chi connectivity index (χ2v) is 7.20. The molecule has 0 spiro atoms. The van der Waals surface area contributed by atoms with Crippen molar-refractivity contribution < 1.29 is 15.0 Å². The molecule has 0 aliphatic carbocycles. The van der Waals surface area contributed by atoms with Gasteiger partial charge in [-0.3, -0.25) is 5.32 Å². The number of amides is 1. The molecule has 0 aliphatic heterocycles. The lowest BCUT2D eigenvalue weighted by Crippen LogP contribution is -2.22. The van der Waals surface area contributed by atoms with Gasteiger partial charge in [-0.25, -0.2) is 4.79 Å². The van der Waals surface area contributed by atoms with Crippen LogP contribution in [0.5, 0.6) is 0 Å². The van der Waals surface area contributed by atoms with Gasteiger partial charge < -0.3 is 10.2 Å². The average Bonchev–Trinajstić information content (AvgIpc) is 2.52. The van der Waals surface area contributed by atoms with Crippen LogP contribution in [0.3, 0.4) is 0 Å². The van der Waals surface area contributed by atoms with E-state index in [-0.39, 0.29) is 16.9 Å². The van der Waals surface area contributed by atoms with Gasteiger partial charge in [-0.05, 0) is 54.1 Å². The predicted molar refractivity (Wildman–Crippen MR) is 110 cm³/mol. The molecular formula is C22H31NO3. The minimum Gasteiger partial charge on any atom is -0.510 e. The van der Waals surface area contributed by atoms with Crippen LogP contribution in [0, 0.1) is 5.41 Å². The van der Waals surface area contributed by atoms with E-state index in [4.69, 9.17) is 5.11 Å². The highest BCUT2D eigenvalue weighted by Crippen LogP contribution is 2.25. The number of hydrogen-bond donors (Lipinski definition) is 3. The van der Waals surface area contributed by atoms with Gasteiger partial charge in [0.2, 0.25) is 0 Å². The maximum Gasteiger partial charge on any atom is 0.409 e. The summed E-state index contributed by atoms with van der Waals surface area (Å²) in [7, 11) is 0. The zero-order valence-electron chi connectivity index (χ0n) is 16.7. The van der Waals surface area contributed by atoms with Crippen LogP contribution in [0.2, 0.25) is 0 Å². The van der Waals surface area contributed by atoms with Crippen LogP contribution < -0.4 is 5.32 Å². The van der Waals surface area contributed by atoms with Crippen LogP contribution in [0.4, 0.5) is 4.79 Å². The van der Waals surface area contributed by atoms with Gasteiger partial charge in [-0.1, -0.05) is 64.8 Å². The van der Waals surface area contributed by atoms with Crippen molar-refractivity contribution in [2.75, 3.05) is 0 Å². The fourth-order valence-electron chi connectivity index (χ4n) is 1.73. The largest absolute Gasteiger partial charge is 0.510 e. The number of rotatable bonds is 7. The molecule has 0 fully saturated rings. The molecule has 0 aromatic heterocycles. The number of aliphatic hydroxyl groups excluding tert-OH is 1. The van der Waals surface area contributed by atoms with Crippen molar-refractivity contribution in [2.45, 2.75) is 41.5 Å². The number of nitrogens with one attached hydrogen (secondary N) is 1. The monoisotopic (exact) mass is 357 g/mol. The molecule has 0 aromatic rings. The van der Waals surface area contributed by atoms with Crippen molar-refractivity contribution in [1.82, 2.24) is 5.32 Å². The highest BCUT2D eigenvalue weighted by atomic mass is 16.4. The van der Waals surface area contributed by atoms with E-state index in [0.717, 1.165) is 22.3 Å². The number of carboxylic acid groups (broad SMARTS) is 1. The zero-order valence-corrected chi connectivity index (χ0v) is 16.7. The van der Waals surface area contributed by atoms with E-state index in [1.807, 2.05) is 31.2 Å². The summed E-state index contributed by atoms with van der Waals surface area (Å²) in [5, 5.41) is 20.7. The Balaban J connectivity index is 5.31. The SMILES string of the molecule is C=C(/C=C\C(=C)C(C)(C)C)/C(C)=C/C=C(\C)C(=C)/C(NC(=O)O)=C(/C)O. The van der Waals surface area contributed by atoms with E-state index >= 15 is 0 Å². The smallest absolute Gasteiger partial charge is 0.409 e. The van der Waals surface area contributed by atoms with Gasteiger partial charge in [0.05, 0.1) is 5.70 Å². The van der Waals surface area contributed by atoms with Gasteiger partial charge in [-0.15, -0.1) is 0 Å². The Bertz CT molecular complexity index is 719.